The highest BCUT2D eigenvalue weighted by Gasteiger charge is 2.22. The van der Waals surface area contributed by atoms with Gasteiger partial charge in [-0.15, -0.1) is 0 Å². The molecule has 0 aromatic heterocycles. The molecule has 0 unspecified atom stereocenters. The van der Waals surface area contributed by atoms with Gasteiger partial charge in [-0.3, -0.25) is 14.9 Å². The predicted octanol–water partition coefficient (Wildman–Crippen LogP) is 1.40. The monoisotopic (exact) mass is 267 g/mol. The number of nitro benzene ring substituents is 1. The minimum atomic E-state index is -0.547. The average molecular weight is 267 g/mol. The number of non-ortho nitro benzene ring substituents is 1. The van der Waals surface area contributed by atoms with Crippen molar-refractivity contribution in [3.8, 4) is 0 Å². The van der Waals surface area contributed by atoms with Crippen LogP contribution in [-0.2, 0) is 4.79 Å². The van der Waals surface area contributed by atoms with Gasteiger partial charge in [-0.25, -0.2) is 4.39 Å². The summed E-state index contributed by atoms with van der Waals surface area (Å²) in [6.45, 7) is 3.42. The summed E-state index contributed by atoms with van der Waals surface area (Å²) in [6, 6.07) is 3.48. The first-order valence-electron chi connectivity index (χ1n) is 5.93. The van der Waals surface area contributed by atoms with Gasteiger partial charge in [-0.05, 0) is 6.07 Å². The summed E-state index contributed by atoms with van der Waals surface area (Å²) >= 11 is 0. The summed E-state index contributed by atoms with van der Waals surface area (Å²) in [5, 5.41) is 10.7. The third-order valence-corrected chi connectivity index (χ3v) is 3.21. The van der Waals surface area contributed by atoms with Crippen LogP contribution in [0.25, 0.3) is 0 Å². The molecular weight excluding hydrogens is 253 g/mol. The number of rotatable bonds is 2. The molecule has 0 saturated carbocycles. The third-order valence-electron chi connectivity index (χ3n) is 3.21. The number of carbonyl (C=O) groups excluding carboxylic acids is 1. The van der Waals surface area contributed by atoms with E-state index < -0.39 is 10.7 Å². The van der Waals surface area contributed by atoms with Gasteiger partial charge in [0.05, 0.1) is 10.6 Å². The van der Waals surface area contributed by atoms with Crippen molar-refractivity contribution in [1.82, 2.24) is 4.90 Å². The van der Waals surface area contributed by atoms with Gasteiger partial charge in [0.2, 0.25) is 5.91 Å². The highest BCUT2D eigenvalue weighted by molar-refractivity contribution is 5.73. The van der Waals surface area contributed by atoms with Crippen molar-refractivity contribution < 1.29 is 14.1 Å². The fraction of sp³-hybridized carbons (Fsp3) is 0.417. The second kappa shape index (κ2) is 5.21. The third kappa shape index (κ3) is 2.81. The maximum atomic E-state index is 13.7. The van der Waals surface area contributed by atoms with Crippen LogP contribution in [0.3, 0.4) is 0 Å². The number of nitrogens with zero attached hydrogens (tertiary/aromatic N) is 3. The van der Waals surface area contributed by atoms with E-state index >= 15 is 0 Å². The summed E-state index contributed by atoms with van der Waals surface area (Å²) in [7, 11) is 0. The number of anilines is 1. The lowest BCUT2D eigenvalue weighted by Crippen LogP contribution is -2.48. The number of hydrogen-bond donors (Lipinski definition) is 0. The van der Waals surface area contributed by atoms with Crippen LogP contribution < -0.4 is 4.90 Å². The van der Waals surface area contributed by atoms with Gasteiger partial charge in [-0.1, -0.05) is 0 Å². The highest BCUT2D eigenvalue weighted by Crippen LogP contribution is 2.25. The zero-order valence-corrected chi connectivity index (χ0v) is 10.5. The molecule has 7 heteroatoms. The van der Waals surface area contributed by atoms with Crippen molar-refractivity contribution in [2.75, 3.05) is 31.1 Å². The van der Waals surface area contributed by atoms with Crippen LogP contribution in [0.1, 0.15) is 6.92 Å². The highest BCUT2D eigenvalue weighted by atomic mass is 19.1. The van der Waals surface area contributed by atoms with Crippen LogP contribution in [0.5, 0.6) is 0 Å². The Morgan fingerprint density at radius 2 is 1.95 bits per heavy atom. The standard InChI is InChI=1S/C12H14FN3O3/c1-9(17)14-4-6-15(7-5-14)12-8-10(16(18)19)2-3-11(12)13/h2-3,8H,4-7H2,1H3. The van der Waals surface area contributed by atoms with E-state index in [4.69, 9.17) is 0 Å². The van der Waals surface area contributed by atoms with E-state index in [0.29, 0.717) is 26.2 Å². The Bertz CT molecular complexity index is 513. The van der Waals surface area contributed by atoms with E-state index in [0.717, 1.165) is 12.1 Å². The Morgan fingerprint density at radius 3 is 2.47 bits per heavy atom. The van der Waals surface area contributed by atoms with Crippen molar-refractivity contribution in [3.63, 3.8) is 0 Å². The largest absolute Gasteiger partial charge is 0.365 e. The van der Waals surface area contributed by atoms with Crippen LogP contribution in [-0.4, -0.2) is 41.9 Å². The molecule has 0 aliphatic carbocycles. The maximum absolute atomic E-state index is 13.7. The molecule has 0 spiro atoms. The first-order chi connectivity index (χ1) is 8.99. The van der Waals surface area contributed by atoms with Crippen LogP contribution in [0.2, 0.25) is 0 Å². The van der Waals surface area contributed by atoms with Crippen LogP contribution in [0.4, 0.5) is 15.8 Å². The van der Waals surface area contributed by atoms with Gasteiger partial charge in [0.25, 0.3) is 5.69 Å². The SMILES string of the molecule is CC(=O)N1CCN(c2cc([N+](=O)[O-])ccc2F)CC1. The molecule has 1 fully saturated rings. The second-order valence-corrected chi connectivity index (χ2v) is 4.39. The molecule has 6 nitrogen and oxygen atoms in total. The molecule has 2 rings (SSSR count). The Balaban J connectivity index is 2.17. The van der Waals surface area contributed by atoms with Gasteiger partial charge < -0.3 is 9.80 Å². The Morgan fingerprint density at radius 1 is 1.32 bits per heavy atom. The first-order valence-corrected chi connectivity index (χ1v) is 5.93. The van der Waals surface area contributed by atoms with E-state index in [2.05, 4.69) is 0 Å². The topological polar surface area (TPSA) is 66.7 Å². The number of carbonyl (C=O) groups is 1. The van der Waals surface area contributed by atoms with Crippen LogP contribution >= 0.6 is 0 Å². The molecule has 19 heavy (non-hydrogen) atoms. The van der Waals surface area contributed by atoms with Crippen molar-refractivity contribution in [2.24, 2.45) is 0 Å². The van der Waals surface area contributed by atoms with Crippen molar-refractivity contribution in [1.29, 1.82) is 0 Å². The molecule has 0 N–H and O–H groups in total. The first kappa shape index (κ1) is 13.3. The Labute approximate surface area is 109 Å². The summed E-state index contributed by atoms with van der Waals surface area (Å²) in [5.41, 5.74) is 0.0859. The molecule has 102 valence electrons. The fourth-order valence-corrected chi connectivity index (χ4v) is 2.12. The van der Waals surface area contributed by atoms with E-state index in [1.54, 1.807) is 9.80 Å². The zero-order chi connectivity index (χ0) is 14.0. The van der Waals surface area contributed by atoms with Crippen LogP contribution in [0, 0.1) is 15.9 Å². The van der Waals surface area contributed by atoms with Gasteiger partial charge in [0, 0.05) is 45.2 Å². The van der Waals surface area contributed by atoms with Gasteiger partial charge in [0.15, 0.2) is 0 Å². The Kier molecular flexibility index (Phi) is 3.64. The van der Waals surface area contributed by atoms with Crippen molar-refractivity contribution in [2.45, 2.75) is 6.92 Å². The molecule has 1 amide bonds. The molecule has 0 atom stereocenters. The van der Waals surface area contributed by atoms with Crippen molar-refractivity contribution in [3.05, 3.63) is 34.1 Å². The van der Waals surface area contributed by atoms with Crippen LogP contribution in [0.15, 0.2) is 18.2 Å². The normalized spacial score (nSPS) is 15.5. The summed E-state index contributed by atoms with van der Waals surface area (Å²) in [4.78, 5) is 24.7. The number of halogens is 1. The Hall–Kier alpha value is -2.18. The smallest absolute Gasteiger partial charge is 0.271 e. The summed E-state index contributed by atoms with van der Waals surface area (Å²) < 4.78 is 13.7. The summed E-state index contributed by atoms with van der Waals surface area (Å²) in [5.74, 6) is -0.499. The lowest BCUT2D eigenvalue weighted by molar-refractivity contribution is -0.384. The molecule has 1 aliphatic heterocycles. The number of amides is 1. The molecular formula is C12H14FN3O3. The molecule has 0 radical (unpaired) electrons. The number of piperazine rings is 1. The lowest BCUT2D eigenvalue weighted by atomic mass is 10.2. The molecule has 1 aromatic carbocycles. The lowest BCUT2D eigenvalue weighted by Gasteiger charge is -2.35. The van der Waals surface area contributed by atoms with E-state index in [-0.39, 0.29) is 17.3 Å². The number of hydrogen-bond acceptors (Lipinski definition) is 4. The van der Waals surface area contributed by atoms with Gasteiger partial charge in [0.1, 0.15) is 5.82 Å². The average Bonchev–Trinajstić information content (AvgIpc) is 2.39. The van der Waals surface area contributed by atoms with Gasteiger partial charge >= 0.3 is 0 Å². The van der Waals surface area contributed by atoms with E-state index in [1.807, 2.05) is 0 Å². The van der Waals surface area contributed by atoms with Crippen molar-refractivity contribution >= 4 is 17.3 Å². The summed E-state index contributed by atoms with van der Waals surface area (Å²) in [6.07, 6.45) is 0. The molecule has 1 aromatic rings. The van der Waals surface area contributed by atoms with E-state index in [1.165, 1.54) is 13.0 Å². The quantitative estimate of drug-likeness (QED) is 0.600. The maximum Gasteiger partial charge on any atom is 0.271 e. The molecule has 1 aliphatic rings. The fourth-order valence-electron chi connectivity index (χ4n) is 2.12. The van der Waals surface area contributed by atoms with E-state index in [9.17, 15) is 19.3 Å². The molecule has 1 heterocycles. The second-order valence-electron chi connectivity index (χ2n) is 4.39. The molecule has 0 bridgehead atoms. The minimum Gasteiger partial charge on any atom is -0.365 e. The predicted molar refractivity (Wildman–Crippen MR) is 67.5 cm³/mol. The number of nitro groups is 1. The number of benzene rings is 1. The zero-order valence-electron chi connectivity index (χ0n) is 10.5. The minimum absolute atomic E-state index is 0.0147. The molecule has 1 saturated heterocycles. The van der Waals surface area contributed by atoms with Gasteiger partial charge in [-0.2, -0.15) is 0 Å².